The van der Waals surface area contributed by atoms with Crippen LogP contribution in [-0.2, 0) is 16.0 Å². The number of aliphatic hydroxyl groups is 1. The van der Waals surface area contributed by atoms with Crippen LogP contribution in [0.15, 0.2) is 36.4 Å². The van der Waals surface area contributed by atoms with Crippen molar-refractivity contribution in [2.75, 3.05) is 18.1 Å². The lowest BCUT2D eigenvalue weighted by atomic mass is 10.1. The second kappa shape index (κ2) is 11.1. The normalized spacial score (nSPS) is 18.4. The number of nitrogens with zero attached hydrogens (tertiary/aromatic N) is 1. The number of carboxylic acids is 1. The Morgan fingerprint density at radius 3 is 2.78 bits per heavy atom. The molecule has 2 atom stereocenters. The van der Waals surface area contributed by atoms with Gasteiger partial charge in [0.25, 0.3) is 0 Å². The maximum atomic E-state index is 12.9. The van der Waals surface area contributed by atoms with Crippen molar-refractivity contribution in [1.29, 1.82) is 0 Å². The molecule has 1 saturated heterocycles. The van der Waals surface area contributed by atoms with E-state index in [1.807, 2.05) is 11.0 Å². The summed E-state index contributed by atoms with van der Waals surface area (Å²) >= 11 is 1.65. The predicted octanol–water partition coefficient (Wildman–Crippen LogP) is 2.87. The quantitative estimate of drug-likeness (QED) is 0.445. The van der Waals surface area contributed by atoms with E-state index in [0.29, 0.717) is 25.8 Å². The Balaban J connectivity index is 1.76. The van der Waals surface area contributed by atoms with Crippen LogP contribution in [0.4, 0.5) is 4.39 Å². The fourth-order valence-electron chi connectivity index (χ4n) is 3.02. The van der Waals surface area contributed by atoms with Crippen molar-refractivity contribution in [3.63, 3.8) is 0 Å². The number of aliphatic carboxylic acids is 1. The first-order chi connectivity index (χ1) is 13.0. The molecule has 0 aliphatic carbocycles. The van der Waals surface area contributed by atoms with Gasteiger partial charge in [-0.1, -0.05) is 24.3 Å². The third-order valence-corrected chi connectivity index (χ3v) is 5.49. The second-order valence-electron chi connectivity index (χ2n) is 6.59. The highest BCUT2D eigenvalue weighted by Crippen LogP contribution is 2.21. The smallest absolute Gasteiger partial charge is 0.303 e. The number of carbonyl (C=O) groups excluding carboxylic acids is 1. The van der Waals surface area contributed by atoms with Gasteiger partial charge in [0.15, 0.2) is 0 Å². The van der Waals surface area contributed by atoms with Crippen LogP contribution in [0, 0.1) is 5.82 Å². The molecule has 0 radical (unpaired) electrons. The van der Waals surface area contributed by atoms with Gasteiger partial charge in [0.2, 0.25) is 5.91 Å². The molecule has 1 aliphatic rings. The fourth-order valence-corrected chi connectivity index (χ4v) is 3.90. The SMILES string of the molecule is O=C(O)CCCSCCN1C(=O)CC[C@@H]1C=C[C@@H](O)Cc1ccc(F)cc1. The topological polar surface area (TPSA) is 77.8 Å². The van der Waals surface area contributed by atoms with E-state index in [0.717, 1.165) is 23.5 Å². The number of hydrogen-bond donors (Lipinski definition) is 2. The van der Waals surface area contributed by atoms with E-state index in [9.17, 15) is 19.1 Å². The minimum Gasteiger partial charge on any atom is -0.481 e. The van der Waals surface area contributed by atoms with E-state index in [2.05, 4.69) is 0 Å². The van der Waals surface area contributed by atoms with Crippen LogP contribution in [0.5, 0.6) is 0 Å². The van der Waals surface area contributed by atoms with Gasteiger partial charge in [0.05, 0.1) is 12.1 Å². The summed E-state index contributed by atoms with van der Waals surface area (Å²) in [7, 11) is 0. The third-order valence-electron chi connectivity index (χ3n) is 4.44. The Morgan fingerprint density at radius 2 is 2.07 bits per heavy atom. The van der Waals surface area contributed by atoms with Gasteiger partial charge in [-0.05, 0) is 36.3 Å². The summed E-state index contributed by atoms with van der Waals surface area (Å²) in [5.41, 5.74) is 0.852. The second-order valence-corrected chi connectivity index (χ2v) is 7.81. The highest BCUT2D eigenvalue weighted by atomic mass is 32.2. The molecule has 2 N–H and O–H groups in total. The molecule has 27 heavy (non-hydrogen) atoms. The number of halogens is 1. The van der Waals surface area contributed by atoms with Crippen LogP contribution in [0.3, 0.4) is 0 Å². The standard InChI is InChI=1S/C20H26FNO4S/c21-16-5-3-15(4-6-16)14-18(23)9-7-17-8-10-19(24)22(17)11-13-27-12-1-2-20(25)26/h3-7,9,17-18,23H,1-2,8,10-14H2,(H,25,26)/t17-,18+/m0/s1. The van der Waals surface area contributed by atoms with Crippen molar-refractivity contribution >= 4 is 23.6 Å². The van der Waals surface area contributed by atoms with Crippen molar-refractivity contribution < 1.29 is 24.2 Å². The first-order valence-electron chi connectivity index (χ1n) is 9.15. The summed E-state index contributed by atoms with van der Waals surface area (Å²) in [6.07, 6.45) is 5.36. The predicted molar refractivity (Wildman–Crippen MR) is 104 cm³/mol. The molecule has 1 heterocycles. The van der Waals surface area contributed by atoms with Gasteiger partial charge >= 0.3 is 5.97 Å². The molecule has 0 aromatic heterocycles. The minimum atomic E-state index is -0.783. The summed E-state index contributed by atoms with van der Waals surface area (Å²) in [5, 5.41) is 18.8. The molecule has 0 bridgehead atoms. The highest BCUT2D eigenvalue weighted by molar-refractivity contribution is 7.99. The number of likely N-dealkylation sites (tertiary alicyclic amines) is 1. The van der Waals surface area contributed by atoms with Crippen LogP contribution in [0.1, 0.15) is 31.2 Å². The largest absolute Gasteiger partial charge is 0.481 e. The lowest BCUT2D eigenvalue weighted by Crippen LogP contribution is -2.34. The number of aliphatic hydroxyl groups excluding tert-OH is 1. The van der Waals surface area contributed by atoms with Gasteiger partial charge in [0, 0.05) is 31.6 Å². The van der Waals surface area contributed by atoms with Crippen molar-refractivity contribution in [1.82, 2.24) is 4.90 Å². The molecule has 1 aromatic carbocycles. The molecule has 0 spiro atoms. The van der Waals surface area contributed by atoms with Gasteiger partial charge in [-0.3, -0.25) is 9.59 Å². The zero-order valence-corrected chi connectivity index (χ0v) is 16.0. The molecule has 1 fully saturated rings. The van der Waals surface area contributed by atoms with Gasteiger partial charge in [-0.25, -0.2) is 4.39 Å². The van der Waals surface area contributed by atoms with Crippen LogP contribution in [0.2, 0.25) is 0 Å². The summed E-state index contributed by atoms with van der Waals surface area (Å²) in [6.45, 7) is 0.625. The van der Waals surface area contributed by atoms with E-state index < -0.39 is 12.1 Å². The molecular formula is C20H26FNO4S. The van der Waals surface area contributed by atoms with Gasteiger partial charge < -0.3 is 15.1 Å². The Labute approximate surface area is 163 Å². The Hall–Kier alpha value is -1.86. The first kappa shape index (κ1) is 21.4. The van der Waals surface area contributed by atoms with Crippen LogP contribution >= 0.6 is 11.8 Å². The van der Waals surface area contributed by atoms with Gasteiger partial charge in [0.1, 0.15) is 5.82 Å². The molecule has 148 valence electrons. The average molecular weight is 395 g/mol. The van der Waals surface area contributed by atoms with Crippen molar-refractivity contribution in [3.05, 3.63) is 47.8 Å². The third kappa shape index (κ3) is 7.72. The van der Waals surface area contributed by atoms with Crippen LogP contribution in [0.25, 0.3) is 0 Å². The molecular weight excluding hydrogens is 369 g/mol. The summed E-state index contributed by atoms with van der Waals surface area (Å²) < 4.78 is 12.9. The number of carboxylic acid groups (broad SMARTS) is 1. The van der Waals surface area contributed by atoms with Crippen molar-refractivity contribution in [2.45, 2.75) is 44.2 Å². The van der Waals surface area contributed by atoms with Crippen LogP contribution in [-0.4, -0.2) is 57.2 Å². The maximum absolute atomic E-state index is 12.9. The Kier molecular flexibility index (Phi) is 8.81. The first-order valence-corrected chi connectivity index (χ1v) is 10.3. The summed E-state index contributed by atoms with van der Waals surface area (Å²) in [5.74, 6) is 0.572. The molecule has 5 nitrogen and oxygen atoms in total. The lowest BCUT2D eigenvalue weighted by Gasteiger charge is -2.22. The molecule has 1 amide bonds. The monoisotopic (exact) mass is 395 g/mol. The zero-order chi connectivity index (χ0) is 19.6. The summed E-state index contributed by atoms with van der Waals surface area (Å²) in [6, 6.07) is 6.03. The number of amides is 1. The zero-order valence-electron chi connectivity index (χ0n) is 15.2. The molecule has 7 heteroatoms. The van der Waals surface area contributed by atoms with Crippen LogP contribution < -0.4 is 0 Å². The van der Waals surface area contributed by atoms with E-state index >= 15 is 0 Å². The van der Waals surface area contributed by atoms with E-state index in [1.54, 1.807) is 30.0 Å². The van der Waals surface area contributed by atoms with Gasteiger partial charge in [-0.2, -0.15) is 11.8 Å². The molecule has 0 unspecified atom stereocenters. The average Bonchev–Trinajstić information content (AvgIpc) is 2.98. The minimum absolute atomic E-state index is 0.0139. The number of thioether (sulfide) groups is 1. The molecule has 1 aliphatic heterocycles. The number of benzene rings is 1. The number of carbonyl (C=O) groups is 2. The highest BCUT2D eigenvalue weighted by Gasteiger charge is 2.28. The lowest BCUT2D eigenvalue weighted by molar-refractivity contribution is -0.137. The maximum Gasteiger partial charge on any atom is 0.303 e. The number of rotatable bonds is 11. The Bertz CT molecular complexity index is 650. The van der Waals surface area contributed by atoms with E-state index in [-0.39, 0.29) is 24.2 Å². The fraction of sp³-hybridized carbons (Fsp3) is 0.500. The van der Waals surface area contributed by atoms with Gasteiger partial charge in [-0.15, -0.1) is 0 Å². The molecule has 2 rings (SSSR count). The van der Waals surface area contributed by atoms with Crippen molar-refractivity contribution in [2.24, 2.45) is 0 Å². The molecule has 1 aromatic rings. The van der Waals surface area contributed by atoms with E-state index in [4.69, 9.17) is 5.11 Å². The van der Waals surface area contributed by atoms with E-state index in [1.165, 1.54) is 12.1 Å². The summed E-state index contributed by atoms with van der Waals surface area (Å²) in [4.78, 5) is 24.4. The molecule has 0 saturated carbocycles. The number of hydrogen-bond acceptors (Lipinski definition) is 4. The van der Waals surface area contributed by atoms with Crippen molar-refractivity contribution in [3.8, 4) is 0 Å². The Morgan fingerprint density at radius 1 is 1.33 bits per heavy atom.